The van der Waals surface area contributed by atoms with E-state index in [1.165, 1.54) is 72.7 Å². The summed E-state index contributed by atoms with van der Waals surface area (Å²) >= 11 is 0. The fourth-order valence-electron chi connectivity index (χ4n) is 10.2. The monoisotopic (exact) mass is 649 g/mol. The Morgan fingerprint density at radius 3 is 2.18 bits per heavy atom. The molecule has 3 aliphatic heterocycles. The lowest BCUT2D eigenvalue weighted by Crippen LogP contribution is -2.67. The molecule has 5 aromatic carbocycles. The molecule has 4 unspecified atom stereocenters. The molecule has 50 heavy (non-hydrogen) atoms. The van der Waals surface area contributed by atoms with E-state index in [9.17, 15) is 0 Å². The van der Waals surface area contributed by atoms with Gasteiger partial charge in [-0.2, -0.15) is 9.13 Å². The lowest BCUT2D eigenvalue weighted by molar-refractivity contribution is -0.743. The maximum absolute atomic E-state index is 2.76. The molecule has 0 amide bonds. The molecule has 2 aromatic heterocycles. The first-order valence-electron chi connectivity index (χ1n) is 18.4. The molecule has 0 saturated heterocycles. The van der Waals surface area contributed by atoms with Crippen molar-refractivity contribution in [1.29, 1.82) is 0 Å². The van der Waals surface area contributed by atoms with Crippen LogP contribution in [0.15, 0.2) is 140 Å². The van der Waals surface area contributed by atoms with Crippen LogP contribution in [0.1, 0.15) is 81.2 Å². The van der Waals surface area contributed by atoms with Crippen LogP contribution in [0.2, 0.25) is 0 Å². The minimum absolute atomic E-state index is 0.125. The number of pyridine rings is 1. The van der Waals surface area contributed by atoms with Gasteiger partial charge in [0.25, 0.3) is 5.82 Å². The molecule has 3 nitrogen and oxygen atoms in total. The van der Waals surface area contributed by atoms with Gasteiger partial charge < -0.3 is 0 Å². The average Bonchev–Trinajstić information content (AvgIpc) is 3.69. The molecule has 0 bridgehead atoms. The van der Waals surface area contributed by atoms with E-state index in [1.807, 2.05) is 0 Å². The van der Waals surface area contributed by atoms with Crippen LogP contribution in [-0.4, -0.2) is 4.57 Å². The second-order valence-corrected chi connectivity index (χ2v) is 15.2. The van der Waals surface area contributed by atoms with Gasteiger partial charge in [0.15, 0.2) is 23.3 Å². The summed E-state index contributed by atoms with van der Waals surface area (Å²) in [4.78, 5) is 0. The Hall–Kier alpha value is -5.28. The van der Waals surface area contributed by atoms with E-state index in [-0.39, 0.29) is 17.0 Å². The molecule has 7 aromatic rings. The summed E-state index contributed by atoms with van der Waals surface area (Å²) in [6.45, 7) is 9.91. The van der Waals surface area contributed by atoms with Gasteiger partial charge in [-0.15, -0.1) is 0 Å². The molecule has 4 atom stereocenters. The maximum atomic E-state index is 2.76. The quantitative estimate of drug-likeness (QED) is 0.165. The lowest BCUT2D eigenvalue weighted by atomic mass is 9.60. The molecule has 0 saturated carbocycles. The normalized spacial score (nSPS) is 22.4. The molecule has 5 heterocycles. The molecular weight excluding hydrogens is 607 g/mol. The van der Waals surface area contributed by atoms with Gasteiger partial charge in [-0.3, -0.25) is 0 Å². The van der Waals surface area contributed by atoms with Gasteiger partial charge in [-0.1, -0.05) is 118 Å². The summed E-state index contributed by atoms with van der Waals surface area (Å²) in [5.74, 6) is 1.66. The van der Waals surface area contributed by atoms with E-state index < -0.39 is 0 Å². The van der Waals surface area contributed by atoms with Crippen molar-refractivity contribution in [1.82, 2.24) is 4.57 Å². The number of para-hydroxylation sites is 2. The largest absolute Gasteiger partial charge is 0.295 e. The third-order valence-electron chi connectivity index (χ3n) is 13.1. The van der Waals surface area contributed by atoms with E-state index in [2.05, 4.69) is 181 Å². The van der Waals surface area contributed by atoms with Gasteiger partial charge >= 0.3 is 0 Å². The Morgan fingerprint density at radius 1 is 0.660 bits per heavy atom. The van der Waals surface area contributed by atoms with Crippen LogP contribution in [0.5, 0.6) is 0 Å². The van der Waals surface area contributed by atoms with Crippen molar-refractivity contribution in [2.75, 3.05) is 0 Å². The van der Waals surface area contributed by atoms with Crippen molar-refractivity contribution in [3.05, 3.63) is 162 Å². The fourth-order valence-corrected chi connectivity index (χ4v) is 10.2. The molecule has 0 N–H and O–H groups in total. The van der Waals surface area contributed by atoms with Crippen molar-refractivity contribution in [3.8, 4) is 39.5 Å². The number of benzene rings is 5. The van der Waals surface area contributed by atoms with Crippen molar-refractivity contribution < 1.29 is 9.13 Å². The van der Waals surface area contributed by atoms with E-state index in [4.69, 9.17) is 0 Å². The predicted molar refractivity (Wildman–Crippen MR) is 203 cm³/mol. The third-order valence-corrected chi connectivity index (χ3v) is 13.1. The smallest absolute Gasteiger partial charge is 0.216 e. The summed E-state index contributed by atoms with van der Waals surface area (Å²) in [7, 11) is 0. The molecule has 0 radical (unpaired) electrons. The zero-order chi connectivity index (χ0) is 33.8. The molecule has 244 valence electrons. The van der Waals surface area contributed by atoms with Gasteiger partial charge in [0.2, 0.25) is 5.69 Å². The number of fused-ring (bicyclic) bond motifs is 10. The maximum Gasteiger partial charge on any atom is 0.295 e. The Labute approximate surface area is 295 Å². The Bertz CT molecular complexity index is 2490. The highest BCUT2D eigenvalue weighted by atomic mass is 15.2. The van der Waals surface area contributed by atoms with Crippen molar-refractivity contribution in [3.63, 3.8) is 0 Å². The van der Waals surface area contributed by atoms with Gasteiger partial charge in [0.1, 0.15) is 11.2 Å². The summed E-state index contributed by atoms with van der Waals surface area (Å²) in [6.07, 6.45) is 5.54. The minimum atomic E-state index is -0.168. The summed E-state index contributed by atoms with van der Waals surface area (Å²) in [6, 6.07) is 50.2. The minimum Gasteiger partial charge on any atom is -0.216 e. The zero-order valence-corrected chi connectivity index (χ0v) is 29.4. The van der Waals surface area contributed by atoms with Crippen LogP contribution in [0.4, 0.5) is 0 Å². The van der Waals surface area contributed by atoms with Crippen LogP contribution >= 0.6 is 0 Å². The third kappa shape index (κ3) is 3.75. The number of imidazole rings is 1. The fraction of sp³-hybridized carbons (Fsp3) is 0.234. The van der Waals surface area contributed by atoms with E-state index >= 15 is 0 Å². The molecule has 0 fully saturated rings. The number of nitrogens with zero attached hydrogens (tertiary/aromatic N) is 3. The summed E-state index contributed by atoms with van der Waals surface area (Å²) < 4.78 is 7.95. The second kappa shape index (κ2) is 10.6. The van der Waals surface area contributed by atoms with Crippen LogP contribution in [0, 0.1) is 0 Å². The van der Waals surface area contributed by atoms with Gasteiger partial charge in [-0.25, -0.2) is 4.57 Å². The number of aromatic nitrogens is 3. The standard InChI is InChI=1S/C47H43N3/c1-5-47(4)46(3,29-28-41-37-20-10-9-19-36(37)40-27-26-33(30-48(40)41)32-16-7-6-8-17-32)39-23-13-11-21-38(39)45-49-42-24-14-12-18-34(42)31(2)35-22-15-25-43(44(35)49)50(45)47/h6-27,30-31,41H,5,28-29H2,1-4H3/q+2. The predicted octanol–water partition coefficient (Wildman–Crippen LogP) is 10.5. The van der Waals surface area contributed by atoms with Crippen LogP contribution in [-0.2, 0) is 11.0 Å². The SMILES string of the molecule is CCC1(C)[n+]2c(n3c4c(cccc42)C(C)c2ccccc2-3)-c2ccccc2C1(C)CCC1c2ccccc2-c2ccc(-c3ccccc3)c[n+]21. The van der Waals surface area contributed by atoms with Gasteiger partial charge in [0, 0.05) is 46.1 Å². The topological polar surface area (TPSA) is 12.7 Å². The highest BCUT2D eigenvalue weighted by molar-refractivity contribution is 5.87. The van der Waals surface area contributed by atoms with Gasteiger partial charge in [-0.05, 0) is 61.2 Å². The zero-order valence-electron chi connectivity index (χ0n) is 29.4. The Morgan fingerprint density at radius 2 is 1.36 bits per heavy atom. The number of rotatable bonds is 5. The molecular formula is C47H43N3+2. The highest BCUT2D eigenvalue weighted by Crippen LogP contribution is 2.54. The number of hydrogen-bond acceptors (Lipinski definition) is 0. The first-order valence-corrected chi connectivity index (χ1v) is 18.4. The average molecular weight is 650 g/mol. The first-order chi connectivity index (χ1) is 24.4. The Kier molecular flexibility index (Phi) is 6.29. The van der Waals surface area contributed by atoms with E-state index in [0.29, 0.717) is 5.92 Å². The molecule has 3 aliphatic rings. The van der Waals surface area contributed by atoms with Crippen molar-refractivity contribution >= 4 is 11.0 Å². The molecule has 0 spiro atoms. The molecule has 10 rings (SSSR count). The summed E-state index contributed by atoms with van der Waals surface area (Å²) in [5, 5.41) is 0. The Balaban J connectivity index is 1.16. The van der Waals surface area contributed by atoms with Crippen LogP contribution in [0.25, 0.3) is 50.5 Å². The van der Waals surface area contributed by atoms with Gasteiger partial charge in [0.05, 0.1) is 11.1 Å². The van der Waals surface area contributed by atoms with E-state index in [1.54, 1.807) is 0 Å². The highest BCUT2D eigenvalue weighted by Gasteiger charge is 2.58. The van der Waals surface area contributed by atoms with Crippen LogP contribution < -0.4 is 9.13 Å². The molecule has 3 heteroatoms. The summed E-state index contributed by atoms with van der Waals surface area (Å²) in [5.41, 5.74) is 16.0. The van der Waals surface area contributed by atoms with Crippen LogP contribution in [0.3, 0.4) is 0 Å². The first kappa shape index (κ1) is 29.6. The number of hydrogen-bond donors (Lipinski definition) is 0. The van der Waals surface area contributed by atoms with E-state index in [0.717, 1.165) is 19.3 Å². The molecule has 0 aliphatic carbocycles. The lowest BCUT2D eigenvalue weighted by Gasteiger charge is -2.48. The van der Waals surface area contributed by atoms with Crippen molar-refractivity contribution in [2.45, 2.75) is 69.9 Å². The second-order valence-electron chi connectivity index (χ2n) is 15.2. The van der Waals surface area contributed by atoms with Crippen molar-refractivity contribution in [2.24, 2.45) is 0 Å².